The first-order chi connectivity index (χ1) is 9.15. The second-order valence-corrected chi connectivity index (χ2v) is 4.66. The fourth-order valence-corrected chi connectivity index (χ4v) is 2.17. The molecule has 3 aromatic heterocycles. The predicted molar refractivity (Wildman–Crippen MR) is 72.5 cm³/mol. The monoisotopic (exact) mass is 274 g/mol. The van der Waals surface area contributed by atoms with E-state index in [4.69, 9.17) is 11.6 Å². The lowest BCUT2D eigenvalue weighted by molar-refractivity contribution is 0.739. The van der Waals surface area contributed by atoms with Crippen LogP contribution in [0.1, 0.15) is 11.3 Å². The maximum Gasteiger partial charge on any atom is 0.276 e. The molecule has 3 heterocycles. The molecule has 6 heteroatoms. The van der Waals surface area contributed by atoms with Crippen LogP contribution in [0.25, 0.3) is 5.52 Å². The Morgan fingerprint density at radius 2 is 2.21 bits per heavy atom. The van der Waals surface area contributed by atoms with Crippen molar-refractivity contribution >= 4 is 17.1 Å². The molecule has 0 fully saturated rings. The minimum atomic E-state index is -0.0944. The summed E-state index contributed by atoms with van der Waals surface area (Å²) in [6.07, 6.45) is 5.08. The number of hydrogen-bond donors (Lipinski definition) is 0. The zero-order valence-corrected chi connectivity index (χ0v) is 11.0. The predicted octanol–water partition coefficient (Wildman–Crippen LogP) is 1.90. The molecule has 0 spiro atoms. The molecule has 0 aliphatic heterocycles. The summed E-state index contributed by atoms with van der Waals surface area (Å²) in [6, 6.07) is 5.42. The molecule has 0 unspecified atom stereocenters. The molecule has 0 saturated carbocycles. The van der Waals surface area contributed by atoms with Crippen LogP contribution in [0.3, 0.4) is 0 Å². The molecular weight excluding hydrogens is 264 g/mol. The van der Waals surface area contributed by atoms with Crippen molar-refractivity contribution in [3.8, 4) is 0 Å². The lowest BCUT2D eigenvalue weighted by Crippen LogP contribution is -2.22. The van der Waals surface area contributed by atoms with Crippen molar-refractivity contribution < 1.29 is 0 Å². The number of rotatable bonds is 2. The second-order valence-electron chi connectivity index (χ2n) is 4.30. The number of nitrogens with zero attached hydrogens (tertiary/aromatic N) is 4. The third kappa shape index (κ3) is 2.13. The van der Waals surface area contributed by atoms with E-state index in [1.165, 1.54) is 0 Å². The minimum absolute atomic E-state index is 0.0944. The van der Waals surface area contributed by atoms with E-state index >= 15 is 0 Å². The molecule has 0 amide bonds. The van der Waals surface area contributed by atoms with E-state index in [9.17, 15) is 4.79 Å². The normalized spacial score (nSPS) is 11.1. The highest BCUT2D eigenvalue weighted by molar-refractivity contribution is 6.30. The number of aromatic nitrogens is 4. The molecule has 0 aliphatic carbocycles. The average molecular weight is 275 g/mol. The van der Waals surface area contributed by atoms with Crippen molar-refractivity contribution in [3.63, 3.8) is 0 Å². The summed E-state index contributed by atoms with van der Waals surface area (Å²) in [5.41, 5.74) is 2.09. The van der Waals surface area contributed by atoms with Crippen molar-refractivity contribution in [2.45, 2.75) is 13.5 Å². The van der Waals surface area contributed by atoms with Gasteiger partial charge in [-0.25, -0.2) is 9.50 Å². The summed E-state index contributed by atoms with van der Waals surface area (Å²) in [5, 5.41) is 4.62. The maximum absolute atomic E-state index is 12.3. The number of halogens is 1. The molecule has 3 rings (SSSR count). The molecule has 0 radical (unpaired) electrons. The number of fused-ring (bicyclic) bond motifs is 1. The van der Waals surface area contributed by atoms with Gasteiger partial charge in [0.15, 0.2) is 0 Å². The first kappa shape index (κ1) is 11.9. The first-order valence-electron chi connectivity index (χ1n) is 5.80. The third-order valence-electron chi connectivity index (χ3n) is 2.90. The van der Waals surface area contributed by atoms with Gasteiger partial charge in [-0.1, -0.05) is 17.7 Å². The van der Waals surface area contributed by atoms with Crippen LogP contribution in [0.15, 0.2) is 41.6 Å². The van der Waals surface area contributed by atoms with Crippen molar-refractivity contribution in [1.82, 2.24) is 19.2 Å². The lowest BCUT2D eigenvalue weighted by atomic mass is 10.3. The van der Waals surface area contributed by atoms with Gasteiger partial charge in [-0.3, -0.25) is 4.79 Å². The van der Waals surface area contributed by atoms with E-state index in [1.54, 1.807) is 39.8 Å². The fraction of sp³-hybridized carbons (Fsp3) is 0.154. The van der Waals surface area contributed by atoms with Crippen LogP contribution in [0.4, 0.5) is 0 Å². The molecule has 0 N–H and O–H groups in total. The smallest absolute Gasteiger partial charge is 0.276 e. The average Bonchev–Trinajstić information content (AvgIpc) is 2.77. The van der Waals surface area contributed by atoms with Crippen LogP contribution in [0, 0.1) is 6.92 Å². The molecule has 0 aliphatic rings. The van der Waals surface area contributed by atoms with Crippen molar-refractivity contribution in [3.05, 3.63) is 63.6 Å². The lowest BCUT2D eigenvalue weighted by Gasteiger charge is -2.07. The van der Waals surface area contributed by atoms with Crippen molar-refractivity contribution in [2.75, 3.05) is 0 Å². The van der Waals surface area contributed by atoms with Gasteiger partial charge >= 0.3 is 0 Å². The Hall–Kier alpha value is -2.14. The Balaban J connectivity index is 2.09. The van der Waals surface area contributed by atoms with E-state index in [0.717, 1.165) is 11.3 Å². The minimum Gasteiger partial charge on any atom is -0.308 e. The van der Waals surface area contributed by atoms with Crippen molar-refractivity contribution in [2.24, 2.45) is 0 Å². The van der Waals surface area contributed by atoms with Gasteiger partial charge in [-0.2, -0.15) is 5.10 Å². The number of aryl methyl sites for hydroxylation is 1. The van der Waals surface area contributed by atoms with Gasteiger partial charge in [0.25, 0.3) is 5.56 Å². The van der Waals surface area contributed by atoms with Gasteiger partial charge < -0.3 is 4.57 Å². The van der Waals surface area contributed by atoms with E-state index in [1.807, 2.05) is 13.0 Å². The van der Waals surface area contributed by atoms with E-state index in [0.29, 0.717) is 17.2 Å². The summed E-state index contributed by atoms with van der Waals surface area (Å²) in [4.78, 5) is 16.3. The maximum atomic E-state index is 12.3. The van der Waals surface area contributed by atoms with Crippen LogP contribution in [0.2, 0.25) is 5.15 Å². The topological polar surface area (TPSA) is 52.2 Å². The van der Waals surface area contributed by atoms with Crippen LogP contribution in [0.5, 0.6) is 0 Å². The summed E-state index contributed by atoms with van der Waals surface area (Å²) in [5.74, 6) is 0. The molecule has 0 saturated heterocycles. The molecule has 0 aromatic carbocycles. The highest BCUT2D eigenvalue weighted by Gasteiger charge is 2.07. The second kappa shape index (κ2) is 4.51. The SMILES string of the molecule is Cc1cc2c(=O)n(Cc3cccnc3Cl)ccn2n1. The molecular formula is C13H11ClN4O. The Labute approximate surface area is 114 Å². The molecule has 0 atom stereocenters. The zero-order chi connectivity index (χ0) is 13.4. The van der Waals surface area contributed by atoms with Crippen LogP contribution in [-0.4, -0.2) is 19.2 Å². The van der Waals surface area contributed by atoms with E-state index < -0.39 is 0 Å². The fourth-order valence-electron chi connectivity index (χ4n) is 1.99. The highest BCUT2D eigenvalue weighted by atomic mass is 35.5. The van der Waals surface area contributed by atoms with Gasteiger partial charge in [0.05, 0.1) is 12.2 Å². The van der Waals surface area contributed by atoms with Gasteiger partial charge in [0.2, 0.25) is 0 Å². The van der Waals surface area contributed by atoms with Crippen LogP contribution >= 0.6 is 11.6 Å². The third-order valence-corrected chi connectivity index (χ3v) is 3.24. The summed E-state index contributed by atoms with van der Waals surface area (Å²) in [7, 11) is 0. The van der Waals surface area contributed by atoms with Gasteiger partial charge in [-0.15, -0.1) is 0 Å². The highest BCUT2D eigenvalue weighted by Crippen LogP contribution is 2.12. The molecule has 19 heavy (non-hydrogen) atoms. The Morgan fingerprint density at radius 1 is 1.37 bits per heavy atom. The van der Waals surface area contributed by atoms with Gasteiger partial charge in [-0.05, 0) is 19.1 Å². The van der Waals surface area contributed by atoms with Gasteiger partial charge in [0, 0.05) is 24.2 Å². The molecule has 3 aromatic rings. The summed E-state index contributed by atoms with van der Waals surface area (Å²) >= 11 is 6.00. The zero-order valence-electron chi connectivity index (χ0n) is 10.2. The van der Waals surface area contributed by atoms with Crippen LogP contribution < -0.4 is 5.56 Å². The summed E-state index contributed by atoms with van der Waals surface area (Å²) < 4.78 is 3.18. The first-order valence-corrected chi connectivity index (χ1v) is 6.18. The van der Waals surface area contributed by atoms with E-state index in [-0.39, 0.29) is 5.56 Å². The Morgan fingerprint density at radius 3 is 3.00 bits per heavy atom. The Bertz CT molecular complexity index is 806. The quantitative estimate of drug-likeness (QED) is 0.671. The molecule has 0 bridgehead atoms. The largest absolute Gasteiger partial charge is 0.308 e. The molecule has 5 nitrogen and oxygen atoms in total. The standard InChI is InChI=1S/C13H11ClN4O/c1-9-7-11-13(19)17(5-6-18(11)16-9)8-10-3-2-4-15-12(10)14/h2-7H,8H2,1H3. The number of pyridine rings is 1. The summed E-state index contributed by atoms with van der Waals surface area (Å²) in [6.45, 7) is 2.25. The number of hydrogen-bond acceptors (Lipinski definition) is 3. The van der Waals surface area contributed by atoms with E-state index in [2.05, 4.69) is 10.1 Å². The Kier molecular flexibility index (Phi) is 2.83. The van der Waals surface area contributed by atoms with Crippen molar-refractivity contribution in [1.29, 1.82) is 0 Å². The molecule has 96 valence electrons. The van der Waals surface area contributed by atoms with Crippen LogP contribution in [-0.2, 0) is 6.54 Å². The van der Waals surface area contributed by atoms with Gasteiger partial charge in [0.1, 0.15) is 10.7 Å².